The maximum absolute atomic E-state index is 13.3. The Morgan fingerprint density at radius 2 is 1.75 bits per heavy atom. The van der Waals surface area contributed by atoms with Gasteiger partial charge in [0.1, 0.15) is 12.0 Å². The minimum atomic E-state index is -0.959. The molecule has 9 heteroatoms. The van der Waals surface area contributed by atoms with Crippen LogP contribution in [0.15, 0.2) is 24.5 Å². The number of hydrogen-bond donors (Lipinski definition) is 3. The van der Waals surface area contributed by atoms with Crippen molar-refractivity contribution in [3.8, 4) is 0 Å². The van der Waals surface area contributed by atoms with Crippen LogP contribution in [-0.2, 0) is 0 Å². The molecule has 2 aromatic heterocycles. The zero-order valence-corrected chi connectivity index (χ0v) is 13.7. The third-order valence-corrected chi connectivity index (χ3v) is 4.31. The molecular formula is C15H14F2N6S. The lowest BCUT2D eigenvalue weighted by molar-refractivity contribution is 0.509. The normalized spacial score (nSPS) is 10.7. The van der Waals surface area contributed by atoms with E-state index in [2.05, 4.69) is 25.6 Å². The molecule has 124 valence electrons. The van der Waals surface area contributed by atoms with Gasteiger partial charge in [0.05, 0.1) is 5.69 Å². The van der Waals surface area contributed by atoms with Gasteiger partial charge in [-0.3, -0.25) is 0 Å². The van der Waals surface area contributed by atoms with Gasteiger partial charge in [-0.15, -0.1) is 11.3 Å². The van der Waals surface area contributed by atoms with Crippen molar-refractivity contribution in [2.45, 2.75) is 13.8 Å². The Kier molecular flexibility index (Phi) is 4.26. The van der Waals surface area contributed by atoms with E-state index in [1.807, 2.05) is 13.8 Å². The Morgan fingerprint density at radius 1 is 1.04 bits per heavy atom. The Hall–Kier alpha value is -2.81. The highest BCUT2D eigenvalue weighted by Crippen LogP contribution is 2.30. The molecule has 6 nitrogen and oxygen atoms in total. The third-order valence-electron chi connectivity index (χ3n) is 3.32. The Morgan fingerprint density at radius 3 is 2.38 bits per heavy atom. The Labute approximate surface area is 140 Å². The summed E-state index contributed by atoms with van der Waals surface area (Å²) in [7, 11) is 0. The number of benzene rings is 1. The average molecular weight is 348 g/mol. The smallest absolute Gasteiger partial charge is 0.188 e. The number of halogens is 2. The summed E-state index contributed by atoms with van der Waals surface area (Å²) in [5.41, 5.74) is 7.55. The molecule has 0 aliphatic heterocycles. The molecule has 0 unspecified atom stereocenters. The van der Waals surface area contributed by atoms with Crippen molar-refractivity contribution in [1.82, 2.24) is 15.0 Å². The number of nitrogens with one attached hydrogen (secondary N) is 2. The molecule has 3 aromatic rings. The summed E-state index contributed by atoms with van der Waals surface area (Å²) in [5.74, 6) is -1.22. The molecule has 4 N–H and O–H groups in total. The second kappa shape index (κ2) is 6.36. The van der Waals surface area contributed by atoms with Crippen LogP contribution < -0.4 is 16.4 Å². The van der Waals surface area contributed by atoms with E-state index in [1.54, 1.807) is 0 Å². The van der Waals surface area contributed by atoms with Crippen molar-refractivity contribution in [2.24, 2.45) is 0 Å². The molecular weight excluding hydrogens is 334 g/mol. The standard InChI is InChI=1S/C15H14F2N6S/c1-7-8(2)24-15(21-7)23-14-12(18)13(19-6-20-14)22-9-3-4-10(16)11(17)5-9/h3-6H,18H2,1-2H3,(H2,19,20,21,22,23). The van der Waals surface area contributed by atoms with Gasteiger partial charge < -0.3 is 16.4 Å². The van der Waals surface area contributed by atoms with Crippen molar-refractivity contribution in [3.63, 3.8) is 0 Å². The fourth-order valence-electron chi connectivity index (χ4n) is 1.93. The van der Waals surface area contributed by atoms with E-state index in [1.165, 1.54) is 23.7 Å². The second-order valence-electron chi connectivity index (χ2n) is 5.02. The molecule has 24 heavy (non-hydrogen) atoms. The molecule has 1 aromatic carbocycles. The van der Waals surface area contributed by atoms with Gasteiger partial charge >= 0.3 is 0 Å². The van der Waals surface area contributed by atoms with Gasteiger partial charge in [-0.1, -0.05) is 0 Å². The highest BCUT2D eigenvalue weighted by molar-refractivity contribution is 7.15. The summed E-state index contributed by atoms with van der Waals surface area (Å²) < 4.78 is 26.3. The molecule has 0 saturated carbocycles. The molecule has 0 aliphatic carbocycles. The van der Waals surface area contributed by atoms with Crippen molar-refractivity contribution in [2.75, 3.05) is 16.4 Å². The lowest BCUT2D eigenvalue weighted by Crippen LogP contribution is -2.05. The van der Waals surface area contributed by atoms with Crippen LogP contribution in [0.1, 0.15) is 10.6 Å². The van der Waals surface area contributed by atoms with E-state index < -0.39 is 11.6 Å². The largest absolute Gasteiger partial charge is 0.393 e. The molecule has 2 heterocycles. The number of hydrogen-bond acceptors (Lipinski definition) is 7. The first-order chi connectivity index (χ1) is 11.4. The predicted molar refractivity (Wildman–Crippen MR) is 91.0 cm³/mol. The maximum Gasteiger partial charge on any atom is 0.188 e. The number of thiazole rings is 1. The highest BCUT2D eigenvalue weighted by atomic mass is 32.1. The lowest BCUT2D eigenvalue weighted by atomic mass is 10.3. The summed E-state index contributed by atoms with van der Waals surface area (Å²) in [4.78, 5) is 13.6. The zero-order chi connectivity index (χ0) is 17.3. The van der Waals surface area contributed by atoms with E-state index in [-0.39, 0.29) is 11.5 Å². The molecule has 0 atom stereocenters. The first-order valence-corrected chi connectivity index (χ1v) is 7.79. The average Bonchev–Trinajstić information content (AvgIpc) is 2.85. The van der Waals surface area contributed by atoms with Gasteiger partial charge in [-0.2, -0.15) is 0 Å². The van der Waals surface area contributed by atoms with Gasteiger partial charge in [0.2, 0.25) is 0 Å². The van der Waals surface area contributed by atoms with Gasteiger partial charge in [-0.05, 0) is 26.0 Å². The summed E-state index contributed by atoms with van der Waals surface area (Å²) in [6.07, 6.45) is 1.31. The minimum Gasteiger partial charge on any atom is -0.393 e. The molecule has 0 saturated heterocycles. The van der Waals surface area contributed by atoms with E-state index >= 15 is 0 Å². The highest BCUT2D eigenvalue weighted by Gasteiger charge is 2.12. The van der Waals surface area contributed by atoms with Crippen molar-refractivity contribution < 1.29 is 8.78 Å². The van der Waals surface area contributed by atoms with Crippen LogP contribution in [0.4, 0.5) is 36.9 Å². The second-order valence-corrected chi connectivity index (χ2v) is 6.23. The lowest BCUT2D eigenvalue weighted by Gasteiger charge is -2.11. The maximum atomic E-state index is 13.3. The van der Waals surface area contributed by atoms with E-state index in [0.29, 0.717) is 16.6 Å². The number of nitrogens with zero attached hydrogens (tertiary/aromatic N) is 3. The van der Waals surface area contributed by atoms with Crippen molar-refractivity contribution in [3.05, 3.63) is 46.7 Å². The van der Waals surface area contributed by atoms with Gasteiger partial charge in [0, 0.05) is 16.6 Å². The SMILES string of the molecule is Cc1nc(Nc2ncnc(Nc3ccc(F)c(F)c3)c2N)sc1C. The summed E-state index contributed by atoms with van der Waals surface area (Å²) >= 11 is 1.48. The summed E-state index contributed by atoms with van der Waals surface area (Å²) in [6.45, 7) is 3.88. The van der Waals surface area contributed by atoms with Crippen LogP contribution in [-0.4, -0.2) is 15.0 Å². The third kappa shape index (κ3) is 3.25. The number of anilines is 5. The van der Waals surface area contributed by atoms with Crippen LogP contribution in [0.5, 0.6) is 0 Å². The first-order valence-electron chi connectivity index (χ1n) is 6.97. The van der Waals surface area contributed by atoms with Crippen molar-refractivity contribution >= 4 is 39.5 Å². The Bertz CT molecular complexity index is 876. The summed E-state index contributed by atoms with van der Waals surface area (Å²) in [6, 6.07) is 3.44. The van der Waals surface area contributed by atoms with E-state index in [0.717, 1.165) is 22.7 Å². The molecule has 0 radical (unpaired) electrons. The fourth-order valence-corrected chi connectivity index (χ4v) is 2.75. The number of rotatable bonds is 4. The monoisotopic (exact) mass is 348 g/mol. The molecule has 0 amide bonds. The Balaban J connectivity index is 1.86. The van der Waals surface area contributed by atoms with E-state index in [9.17, 15) is 8.78 Å². The fraction of sp³-hybridized carbons (Fsp3) is 0.133. The molecule has 0 bridgehead atoms. The van der Waals surface area contributed by atoms with Gasteiger partial charge in [0.15, 0.2) is 28.4 Å². The topological polar surface area (TPSA) is 88.8 Å². The number of nitrogen functional groups attached to an aromatic ring is 1. The van der Waals surface area contributed by atoms with Crippen LogP contribution in [0.3, 0.4) is 0 Å². The predicted octanol–water partition coefficient (Wildman–Crippen LogP) is 3.90. The van der Waals surface area contributed by atoms with Crippen LogP contribution in [0.25, 0.3) is 0 Å². The molecule has 3 rings (SSSR count). The molecule has 0 aliphatic rings. The molecule has 0 spiro atoms. The summed E-state index contributed by atoms with van der Waals surface area (Å²) in [5, 5.41) is 6.54. The zero-order valence-electron chi connectivity index (χ0n) is 12.9. The van der Waals surface area contributed by atoms with Crippen LogP contribution in [0.2, 0.25) is 0 Å². The molecule has 0 fully saturated rings. The van der Waals surface area contributed by atoms with Crippen LogP contribution in [0, 0.1) is 25.5 Å². The minimum absolute atomic E-state index is 0.243. The van der Waals surface area contributed by atoms with Crippen LogP contribution >= 0.6 is 11.3 Å². The van der Waals surface area contributed by atoms with Gasteiger partial charge in [0.25, 0.3) is 0 Å². The number of aryl methyl sites for hydroxylation is 2. The van der Waals surface area contributed by atoms with Gasteiger partial charge in [-0.25, -0.2) is 23.7 Å². The first kappa shape index (κ1) is 16.1. The van der Waals surface area contributed by atoms with Crippen molar-refractivity contribution in [1.29, 1.82) is 0 Å². The number of nitrogens with two attached hydrogens (primary N) is 1. The number of aromatic nitrogens is 3. The van der Waals surface area contributed by atoms with E-state index in [4.69, 9.17) is 5.73 Å². The quantitative estimate of drug-likeness (QED) is 0.663.